The number of ether oxygens (including phenoxy) is 1. The second kappa shape index (κ2) is 15.8. The maximum absolute atomic E-state index is 12.9. The van der Waals surface area contributed by atoms with Crippen LogP contribution in [0, 0.1) is 5.92 Å². The molecule has 0 bridgehead atoms. The Morgan fingerprint density at radius 2 is 1.84 bits per heavy atom. The maximum Gasteiger partial charge on any atom is 0.237 e. The number of rotatable bonds is 16. The lowest BCUT2D eigenvalue weighted by Gasteiger charge is -2.24. The fraction of sp³-hybridized carbons (Fsp3) is 0.667. The van der Waals surface area contributed by atoms with Crippen LogP contribution in [0.4, 0.5) is 0 Å². The minimum absolute atomic E-state index is 0.0458. The number of ketones is 1. The first-order valence-corrected chi connectivity index (χ1v) is 17.6. The van der Waals surface area contributed by atoms with Crippen LogP contribution >= 0.6 is 0 Å². The predicted octanol–water partition coefficient (Wildman–Crippen LogP) is 6.52. The van der Waals surface area contributed by atoms with E-state index in [2.05, 4.69) is 14.6 Å². The van der Waals surface area contributed by atoms with Crippen molar-refractivity contribution in [2.45, 2.75) is 122 Å². The van der Waals surface area contributed by atoms with Gasteiger partial charge in [-0.1, -0.05) is 57.4 Å². The highest BCUT2D eigenvalue weighted by Gasteiger charge is 2.31. The van der Waals surface area contributed by atoms with Gasteiger partial charge in [0.15, 0.2) is 5.78 Å². The Labute approximate surface area is 257 Å². The Morgan fingerprint density at radius 1 is 1.05 bits per heavy atom. The van der Waals surface area contributed by atoms with Crippen molar-refractivity contribution in [2.24, 2.45) is 5.92 Å². The third-order valence-electron chi connectivity index (χ3n) is 8.98. The molecule has 10 heteroatoms. The van der Waals surface area contributed by atoms with Crippen LogP contribution in [0.5, 0.6) is 5.75 Å². The number of benzene rings is 1. The van der Waals surface area contributed by atoms with Gasteiger partial charge in [0.2, 0.25) is 21.8 Å². The Hall–Kier alpha value is -2.72. The summed E-state index contributed by atoms with van der Waals surface area (Å²) < 4.78 is 37.7. The van der Waals surface area contributed by atoms with E-state index >= 15 is 0 Å². The molecule has 1 saturated carbocycles. The highest BCUT2D eigenvalue weighted by Crippen LogP contribution is 2.34. The lowest BCUT2D eigenvalue weighted by molar-refractivity contribution is -0.119. The molecule has 1 amide bonds. The van der Waals surface area contributed by atoms with Crippen molar-refractivity contribution >= 4 is 21.7 Å². The molecule has 2 heterocycles. The number of nitrogens with one attached hydrogen (secondary N) is 1. The summed E-state index contributed by atoms with van der Waals surface area (Å²) in [5.74, 6) is 1.70. The summed E-state index contributed by atoms with van der Waals surface area (Å²) in [4.78, 5) is 32.2. The highest BCUT2D eigenvalue weighted by atomic mass is 32.2. The maximum atomic E-state index is 12.9. The molecule has 1 aliphatic heterocycles. The quantitative estimate of drug-likeness (QED) is 0.167. The minimum Gasteiger partial charge on any atom is -0.497 e. The van der Waals surface area contributed by atoms with Crippen LogP contribution in [-0.4, -0.2) is 48.9 Å². The van der Waals surface area contributed by atoms with E-state index in [1.165, 1.54) is 65.1 Å². The van der Waals surface area contributed by atoms with Crippen molar-refractivity contribution < 1.29 is 27.2 Å². The van der Waals surface area contributed by atoms with Gasteiger partial charge in [-0.15, -0.1) is 0 Å². The number of hydrogen-bond acceptors (Lipinski definition) is 8. The van der Waals surface area contributed by atoms with Crippen molar-refractivity contribution in [2.75, 3.05) is 13.7 Å². The molecule has 4 rings (SSSR count). The number of sulfonamides is 1. The number of amides is 1. The molecule has 1 aromatic heterocycles. The van der Waals surface area contributed by atoms with E-state index in [1.54, 1.807) is 7.11 Å². The Morgan fingerprint density at radius 3 is 2.58 bits per heavy atom. The number of aryl methyl sites for hydroxylation is 1. The van der Waals surface area contributed by atoms with E-state index in [9.17, 15) is 18.0 Å². The lowest BCUT2D eigenvalue weighted by atomic mass is 9.85. The Bertz CT molecular complexity index is 1320. The van der Waals surface area contributed by atoms with Crippen LogP contribution in [0.2, 0.25) is 0 Å². The van der Waals surface area contributed by atoms with Gasteiger partial charge in [0, 0.05) is 19.4 Å². The molecule has 2 aliphatic rings. The van der Waals surface area contributed by atoms with Crippen molar-refractivity contribution in [3.05, 3.63) is 47.2 Å². The first-order valence-electron chi connectivity index (χ1n) is 16.1. The van der Waals surface area contributed by atoms with E-state index in [-0.39, 0.29) is 18.2 Å². The molecule has 0 unspecified atom stereocenters. The minimum atomic E-state index is -3.67. The first-order chi connectivity index (χ1) is 20.7. The number of carbonyl (C=O) groups excluding carboxylic acids is 2. The second-order valence-corrected chi connectivity index (χ2v) is 14.7. The van der Waals surface area contributed by atoms with Crippen molar-refractivity contribution in [1.82, 2.24) is 14.6 Å². The molecule has 1 atom stereocenters. The van der Waals surface area contributed by atoms with Gasteiger partial charge in [0.25, 0.3) is 0 Å². The van der Waals surface area contributed by atoms with Gasteiger partial charge in [-0.25, -0.2) is 13.4 Å². The molecule has 1 aromatic carbocycles. The largest absolute Gasteiger partial charge is 0.497 e. The molecular formula is C33H49N3O6S. The zero-order valence-electron chi connectivity index (χ0n) is 26.1. The molecule has 2 aromatic rings. The number of hydrogen-bond donors (Lipinski definition) is 1. The zero-order valence-corrected chi connectivity index (χ0v) is 26.9. The van der Waals surface area contributed by atoms with Gasteiger partial charge >= 0.3 is 0 Å². The SMILES string of the molecule is COc1ccc(CCC(=O)NS(=O)(=O)C(C)C)c(CN2CCC[C@H]2c2nc(C(=O)CCCCCC3CCCCC3)co2)c1. The average molecular weight is 616 g/mol. The number of carbonyl (C=O) groups is 2. The molecule has 238 valence electrons. The molecule has 0 spiro atoms. The molecule has 2 fully saturated rings. The number of Topliss-reactive ketones (excluding diaryl/α,β-unsaturated/α-hetero) is 1. The van der Waals surface area contributed by atoms with Crippen LogP contribution in [0.1, 0.15) is 131 Å². The van der Waals surface area contributed by atoms with E-state index in [0.29, 0.717) is 36.7 Å². The standard InChI is InChI=1S/C33H49N3O6S/c1-24(2)43(39,40)35-32(38)19-17-26-16-18-28(41-3)21-27(26)22-36-20-10-14-30(36)33-34-29(23-42-33)31(37)15-9-5-8-13-25-11-6-4-7-12-25/h16,18,21,23-25,30H,4-15,17,19-20,22H2,1-3H3,(H,35,38)/t30-/m0/s1. The summed E-state index contributed by atoms with van der Waals surface area (Å²) in [6, 6.07) is 5.70. The van der Waals surface area contributed by atoms with Crippen molar-refractivity contribution in [3.8, 4) is 5.75 Å². The molecular weight excluding hydrogens is 566 g/mol. The number of aromatic nitrogens is 1. The lowest BCUT2D eigenvalue weighted by Crippen LogP contribution is -2.35. The highest BCUT2D eigenvalue weighted by molar-refractivity contribution is 7.90. The van der Waals surface area contributed by atoms with Gasteiger partial charge in [0.1, 0.15) is 17.7 Å². The summed E-state index contributed by atoms with van der Waals surface area (Å²) in [5.41, 5.74) is 2.37. The van der Waals surface area contributed by atoms with E-state index in [4.69, 9.17) is 9.15 Å². The topological polar surface area (TPSA) is 119 Å². The fourth-order valence-electron chi connectivity index (χ4n) is 6.28. The molecule has 0 radical (unpaired) electrons. The molecule has 1 N–H and O–H groups in total. The van der Waals surface area contributed by atoms with Gasteiger partial charge in [-0.3, -0.25) is 19.2 Å². The van der Waals surface area contributed by atoms with Crippen LogP contribution in [0.25, 0.3) is 0 Å². The smallest absolute Gasteiger partial charge is 0.237 e. The number of methoxy groups -OCH3 is 1. The number of likely N-dealkylation sites (tertiary alicyclic amines) is 1. The molecule has 43 heavy (non-hydrogen) atoms. The monoisotopic (exact) mass is 615 g/mol. The fourth-order valence-corrected chi connectivity index (χ4v) is 6.93. The van der Waals surface area contributed by atoms with Crippen molar-refractivity contribution in [3.63, 3.8) is 0 Å². The molecule has 1 saturated heterocycles. The summed E-state index contributed by atoms with van der Waals surface area (Å²) in [6.45, 7) is 4.52. The first kappa shape index (κ1) is 33.2. The normalized spacial score (nSPS) is 18.3. The summed E-state index contributed by atoms with van der Waals surface area (Å²) in [7, 11) is -2.05. The van der Waals surface area contributed by atoms with Gasteiger partial charge in [0.05, 0.1) is 18.4 Å². The van der Waals surface area contributed by atoms with E-state index in [1.807, 2.05) is 18.2 Å². The Kier molecular flexibility index (Phi) is 12.2. The van der Waals surface area contributed by atoms with Crippen LogP contribution in [0.15, 0.2) is 28.9 Å². The molecule has 1 aliphatic carbocycles. The van der Waals surface area contributed by atoms with E-state index < -0.39 is 21.2 Å². The Balaban J connectivity index is 1.32. The summed E-state index contributed by atoms with van der Waals surface area (Å²) in [5, 5.41) is -0.679. The third-order valence-corrected chi connectivity index (χ3v) is 10.7. The molecule has 9 nitrogen and oxygen atoms in total. The van der Waals surface area contributed by atoms with Crippen LogP contribution < -0.4 is 9.46 Å². The van der Waals surface area contributed by atoms with E-state index in [0.717, 1.165) is 49.3 Å². The van der Waals surface area contributed by atoms with Gasteiger partial charge < -0.3 is 9.15 Å². The van der Waals surface area contributed by atoms with Crippen molar-refractivity contribution in [1.29, 1.82) is 0 Å². The number of nitrogens with zero attached hydrogens (tertiary/aromatic N) is 2. The summed E-state index contributed by atoms with van der Waals surface area (Å²) >= 11 is 0. The second-order valence-electron chi connectivity index (χ2n) is 12.5. The van der Waals surface area contributed by atoms with Gasteiger partial charge in [-0.05, 0) is 75.3 Å². The zero-order chi connectivity index (χ0) is 30.8. The predicted molar refractivity (Wildman–Crippen MR) is 166 cm³/mol. The van der Waals surface area contributed by atoms with Crippen LogP contribution in [-0.2, 0) is 27.8 Å². The number of oxazole rings is 1. The number of unbranched alkanes of at least 4 members (excludes halogenated alkanes) is 2. The summed E-state index contributed by atoms with van der Waals surface area (Å²) in [6.07, 6.45) is 15.7. The van der Waals surface area contributed by atoms with Gasteiger partial charge in [-0.2, -0.15) is 0 Å². The van der Waals surface area contributed by atoms with Crippen LogP contribution in [0.3, 0.4) is 0 Å². The third kappa shape index (κ3) is 9.63. The average Bonchev–Trinajstić information content (AvgIpc) is 3.66.